The van der Waals surface area contributed by atoms with Crippen LogP contribution in [0.2, 0.25) is 0 Å². The zero-order chi connectivity index (χ0) is 16.9. The summed E-state index contributed by atoms with van der Waals surface area (Å²) in [5, 5.41) is 13.6. The predicted molar refractivity (Wildman–Crippen MR) is 93.5 cm³/mol. The van der Waals surface area contributed by atoms with E-state index in [4.69, 9.17) is 0 Å². The Labute approximate surface area is 139 Å². The molecule has 6 nitrogen and oxygen atoms in total. The van der Waals surface area contributed by atoms with Crippen molar-refractivity contribution in [3.8, 4) is 0 Å². The molecule has 2 heterocycles. The van der Waals surface area contributed by atoms with Gasteiger partial charge in [0, 0.05) is 32.0 Å². The van der Waals surface area contributed by atoms with Crippen molar-refractivity contribution in [2.75, 3.05) is 26.2 Å². The molecular weight excluding hydrogens is 290 g/mol. The molecule has 1 saturated heterocycles. The zero-order valence-corrected chi connectivity index (χ0v) is 14.9. The van der Waals surface area contributed by atoms with Crippen LogP contribution in [0.1, 0.15) is 46.6 Å². The van der Waals surface area contributed by atoms with E-state index in [-0.39, 0.29) is 0 Å². The highest BCUT2D eigenvalue weighted by molar-refractivity contribution is 5.80. The molecule has 0 aromatic carbocycles. The van der Waals surface area contributed by atoms with E-state index >= 15 is 0 Å². The lowest BCUT2D eigenvalue weighted by Gasteiger charge is -2.39. The van der Waals surface area contributed by atoms with Crippen LogP contribution in [0.5, 0.6) is 0 Å². The minimum atomic E-state index is -0.743. The molecule has 1 aliphatic heterocycles. The Bertz CT molecular complexity index is 497. The Kier molecular flexibility index (Phi) is 6.04. The van der Waals surface area contributed by atoms with Crippen LogP contribution in [-0.2, 0) is 0 Å². The molecule has 1 fully saturated rings. The fourth-order valence-corrected chi connectivity index (χ4v) is 2.88. The highest BCUT2D eigenvalue weighted by atomic mass is 16.3. The van der Waals surface area contributed by atoms with Gasteiger partial charge in [-0.25, -0.2) is 4.98 Å². The smallest absolute Gasteiger partial charge is 0.194 e. The summed E-state index contributed by atoms with van der Waals surface area (Å²) in [6.07, 6.45) is 7.60. The summed E-state index contributed by atoms with van der Waals surface area (Å²) in [5.74, 6) is 1.51. The number of nitrogens with zero attached hydrogens (tertiary/aromatic N) is 4. The van der Waals surface area contributed by atoms with Crippen LogP contribution in [0.15, 0.2) is 23.7 Å². The number of aromatic nitrogens is 2. The van der Waals surface area contributed by atoms with E-state index in [9.17, 15) is 5.11 Å². The van der Waals surface area contributed by atoms with Crippen molar-refractivity contribution in [3.63, 3.8) is 0 Å². The lowest BCUT2D eigenvalue weighted by Crippen LogP contribution is -2.49. The monoisotopic (exact) mass is 321 g/mol. The molecule has 3 unspecified atom stereocenters. The number of imidazole rings is 1. The van der Waals surface area contributed by atoms with Gasteiger partial charge >= 0.3 is 0 Å². The molecule has 23 heavy (non-hydrogen) atoms. The number of aliphatic imine (C=N–C) groups is 1. The van der Waals surface area contributed by atoms with Crippen molar-refractivity contribution in [3.05, 3.63) is 18.7 Å². The molecule has 0 radical (unpaired) electrons. The number of rotatable bonds is 5. The molecular formula is C17H31N5O. The molecule has 6 heteroatoms. The summed E-state index contributed by atoms with van der Waals surface area (Å²) < 4.78 is 2.20. The fraction of sp³-hybridized carbons (Fsp3) is 0.765. The minimum absolute atomic E-state index is 0.404. The molecule has 0 saturated carbocycles. The first-order chi connectivity index (χ1) is 11.0. The van der Waals surface area contributed by atoms with Gasteiger partial charge in [-0.3, -0.25) is 4.99 Å². The van der Waals surface area contributed by atoms with Gasteiger partial charge in [-0.1, -0.05) is 13.8 Å². The standard InChI is InChI=1S/C17H31N5O/c1-5-17(4,23)12-20-16(19-6-2)21-9-7-14(3)15(11-21)22-10-8-18-13-22/h8,10,13-15,23H,5-7,9,11-12H2,1-4H3,(H,19,20). The van der Waals surface area contributed by atoms with E-state index < -0.39 is 5.60 Å². The van der Waals surface area contributed by atoms with Crippen molar-refractivity contribution in [2.24, 2.45) is 10.9 Å². The average Bonchev–Trinajstić information content (AvgIpc) is 3.06. The fourth-order valence-electron chi connectivity index (χ4n) is 2.88. The zero-order valence-electron chi connectivity index (χ0n) is 14.9. The molecule has 2 N–H and O–H groups in total. The first-order valence-corrected chi connectivity index (χ1v) is 8.70. The van der Waals surface area contributed by atoms with Gasteiger partial charge in [0.15, 0.2) is 5.96 Å². The molecule has 1 aromatic heterocycles. The van der Waals surface area contributed by atoms with Gasteiger partial charge in [-0.05, 0) is 32.6 Å². The topological polar surface area (TPSA) is 65.7 Å². The van der Waals surface area contributed by atoms with Gasteiger partial charge in [-0.2, -0.15) is 0 Å². The van der Waals surface area contributed by atoms with Crippen LogP contribution in [-0.4, -0.2) is 57.3 Å². The molecule has 3 atom stereocenters. The lowest BCUT2D eigenvalue weighted by atomic mass is 9.93. The third kappa shape index (κ3) is 4.70. The Morgan fingerprint density at radius 3 is 2.87 bits per heavy atom. The van der Waals surface area contributed by atoms with E-state index in [0.717, 1.165) is 32.0 Å². The summed E-state index contributed by atoms with van der Waals surface area (Å²) in [5.41, 5.74) is -0.743. The van der Waals surface area contributed by atoms with Crippen molar-refractivity contribution in [2.45, 2.75) is 52.2 Å². The third-order valence-corrected chi connectivity index (χ3v) is 4.79. The molecule has 0 aliphatic carbocycles. The normalized spacial score (nSPS) is 25.3. The van der Waals surface area contributed by atoms with Crippen LogP contribution in [0.3, 0.4) is 0 Å². The number of hydrogen-bond acceptors (Lipinski definition) is 3. The van der Waals surface area contributed by atoms with Gasteiger partial charge in [0.05, 0.1) is 24.5 Å². The summed E-state index contributed by atoms with van der Waals surface area (Å²) >= 11 is 0. The van der Waals surface area contributed by atoms with Gasteiger partial charge in [0.2, 0.25) is 0 Å². The molecule has 0 bridgehead atoms. The van der Waals surface area contributed by atoms with Gasteiger partial charge in [0.25, 0.3) is 0 Å². The molecule has 2 rings (SSSR count). The third-order valence-electron chi connectivity index (χ3n) is 4.79. The van der Waals surface area contributed by atoms with E-state index in [1.807, 2.05) is 32.6 Å². The minimum Gasteiger partial charge on any atom is -0.388 e. The number of aliphatic hydroxyl groups is 1. The Balaban J connectivity index is 2.11. The quantitative estimate of drug-likeness (QED) is 0.642. The van der Waals surface area contributed by atoms with E-state index in [2.05, 4.69) is 38.6 Å². The van der Waals surface area contributed by atoms with Gasteiger partial charge in [0.1, 0.15) is 0 Å². The Hall–Kier alpha value is -1.56. The molecule has 0 spiro atoms. The number of nitrogens with one attached hydrogen (secondary N) is 1. The highest BCUT2D eigenvalue weighted by Gasteiger charge is 2.29. The molecule has 0 amide bonds. The van der Waals surface area contributed by atoms with Gasteiger partial charge in [-0.15, -0.1) is 0 Å². The average molecular weight is 321 g/mol. The highest BCUT2D eigenvalue weighted by Crippen LogP contribution is 2.27. The summed E-state index contributed by atoms with van der Waals surface area (Å²) in [7, 11) is 0. The molecule has 1 aromatic rings. The van der Waals surface area contributed by atoms with Crippen LogP contribution in [0.4, 0.5) is 0 Å². The second-order valence-corrected chi connectivity index (χ2v) is 6.81. The largest absolute Gasteiger partial charge is 0.388 e. The van der Waals surface area contributed by atoms with E-state index in [0.29, 0.717) is 24.9 Å². The summed E-state index contributed by atoms with van der Waals surface area (Å²) in [4.78, 5) is 11.2. The Morgan fingerprint density at radius 2 is 2.26 bits per heavy atom. The second kappa shape index (κ2) is 7.81. The summed E-state index contributed by atoms with van der Waals surface area (Å²) in [6, 6.07) is 0.404. The SMILES string of the molecule is CCNC(=NCC(C)(O)CC)N1CCC(C)C(n2ccnc2)C1. The van der Waals surface area contributed by atoms with E-state index in [1.54, 1.807) is 0 Å². The van der Waals surface area contributed by atoms with Crippen LogP contribution >= 0.6 is 0 Å². The van der Waals surface area contributed by atoms with E-state index in [1.165, 1.54) is 0 Å². The van der Waals surface area contributed by atoms with Crippen molar-refractivity contribution in [1.82, 2.24) is 19.8 Å². The van der Waals surface area contributed by atoms with Gasteiger partial charge < -0.3 is 19.9 Å². The summed E-state index contributed by atoms with van der Waals surface area (Å²) in [6.45, 7) is 11.4. The number of hydrogen-bond donors (Lipinski definition) is 2. The van der Waals surface area contributed by atoms with Crippen molar-refractivity contribution in [1.29, 1.82) is 0 Å². The lowest BCUT2D eigenvalue weighted by molar-refractivity contribution is 0.0651. The van der Waals surface area contributed by atoms with Crippen LogP contribution < -0.4 is 5.32 Å². The van der Waals surface area contributed by atoms with Crippen molar-refractivity contribution >= 4 is 5.96 Å². The van der Waals surface area contributed by atoms with Crippen LogP contribution in [0, 0.1) is 5.92 Å². The maximum Gasteiger partial charge on any atom is 0.194 e. The van der Waals surface area contributed by atoms with Crippen LogP contribution in [0.25, 0.3) is 0 Å². The maximum atomic E-state index is 10.2. The van der Waals surface area contributed by atoms with Crippen molar-refractivity contribution < 1.29 is 5.11 Å². The second-order valence-electron chi connectivity index (χ2n) is 6.81. The predicted octanol–water partition coefficient (Wildman–Crippen LogP) is 1.89. The maximum absolute atomic E-state index is 10.2. The molecule has 1 aliphatic rings. The Morgan fingerprint density at radius 1 is 1.48 bits per heavy atom. The molecule has 130 valence electrons. The number of piperidine rings is 1. The number of likely N-dealkylation sites (tertiary alicyclic amines) is 1. The first kappa shape index (κ1) is 17.8. The number of guanidine groups is 1. The first-order valence-electron chi connectivity index (χ1n) is 8.70.